The fourth-order valence-corrected chi connectivity index (χ4v) is 2.38. The van der Waals surface area contributed by atoms with Gasteiger partial charge in [0.15, 0.2) is 3.92 Å². The maximum Gasteiger partial charge on any atom is 0.183 e. The molecule has 1 aromatic carbocycles. The zero-order valence-corrected chi connectivity index (χ0v) is 9.53. The third-order valence-corrected chi connectivity index (χ3v) is 3.22. The van der Waals surface area contributed by atoms with Crippen LogP contribution >= 0.6 is 38.9 Å². The maximum absolute atomic E-state index is 5.99. The molecule has 5 heteroatoms. The number of benzene rings is 1. The van der Waals surface area contributed by atoms with Crippen molar-refractivity contribution in [1.82, 2.24) is 10.2 Å². The Morgan fingerprint density at radius 1 is 1.23 bits per heavy atom. The molecule has 13 heavy (non-hydrogen) atoms. The Morgan fingerprint density at radius 3 is 2.62 bits per heavy atom. The van der Waals surface area contributed by atoms with Gasteiger partial charge in [0.1, 0.15) is 5.01 Å². The normalized spacial score (nSPS) is 10.3. The Kier molecular flexibility index (Phi) is 2.62. The average Bonchev–Trinajstić information content (AvgIpc) is 2.53. The lowest BCUT2D eigenvalue weighted by atomic mass is 10.2. The molecule has 0 saturated carbocycles. The van der Waals surface area contributed by atoms with Gasteiger partial charge in [-0.25, -0.2) is 0 Å². The highest BCUT2D eigenvalue weighted by Gasteiger charge is 2.07. The van der Waals surface area contributed by atoms with Gasteiger partial charge in [-0.15, -0.1) is 10.2 Å². The molecule has 0 N–H and O–H groups in total. The fraction of sp³-hybridized carbons (Fsp3) is 0. The SMILES string of the molecule is Clc1ccccc1-c1nnc(Br)s1. The van der Waals surface area contributed by atoms with Crippen molar-refractivity contribution in [1.29, 1.82) is 0 Å². The van der Waals surface area contributed by atoms with E-state index in [1.165, 1.54) is 11.3 Å². The monoisotopic (exact) mass is 274 g/mol. The molecule has 0 atom stereocenters. The summed E-state index contributed by atoms with van der Waals surface area (Å²) in [5.41, 5.74) is 0.923. The molecular formula is C8H4BrClN2S. The first-order valence-electron chi connectivity index (χ1n) is 3.51. The third kappa shape index (κ3) is 1.90. The minimum atomic E-state index is 0.700. The van der Waals surface area contributed by atoms with Crippen LogP contribution in [-0.2, 0) is 0 Å². The molecule has 0 unspecified atom stereocenters. The van der Waals surface area contributed by atoms with E-state index < -0.39 is 0 Å². The van der Waals surface area contributed by atoms with Crippen molar-refractivity contribution < 1.29 is 0 Å². The standard InChI is InChI=1S/C8H4BrClN2S/c9-8-12-11-7(13-8)5-3-1-2-4-6(5)10/h1-4H. The van der Waals surface area contributed by atoms with Crippen LogP contribution in [0.15, 0.2) is 28.2 Å². The molecule has 0 bridgehead atoms. The number of aromatic nitrogens is 2. The zero-order chi connectivity index (χ0) is 9.26. The molecule has 1 aromatic heterocycles. The lowest BCUT2D eigenvalue weighted by molar-refractivity contribution is 1.08. The molecule has 1 heterocycles. The van der Waals surface area contributed by atoms with E-state index in [-0.39, 0.29) is 0 Å². The van der Waals surface area contributed by atoms with Gasteiger partial charge >= 0.3 is 0 Å². The van der Waals surface area contributed by atoms with Crippen LogP contribution in [-0.4, -0.2) is 10.2 Å². The maximum atomic E-state index is 5.99. The Morgan fingerprint density at radius 2 is 2.00 bits per heavy atom. The smallest absolute Gasteiger partial charge is 0.137 e. The molecule has 0 aliphatic rings. The van der Waals surface area contributed by atoms with Gasteiger partial charge in [-0.1, -0.05) is 41.1 Å². The predicted molar refractivity (Wildman–Crippen MR) is 58.1 cm³/mol. The quantitative estimate of drug-likeness (QED) is 0.794. The van der Waals surface area contributed by atoms with Gasteiger partial charge in [-0.3, -0.25) is 0 Å². The van der Waals surface area contributed by atoms with E-state index in [4.69, 9.17) is 11.6 Å². The van der Waals surface area contributed by atoms with Crippen molar-refractivity contribution in [2.45, 2.75) is 0 Å². The first-order chi connectivity index (χ1) is 6.27. The summed E-state index contributed by atoms with van der Waals surface area (Å²) in [5.74, 6) is 0. The summed E-state index contributed by atoms with van der Waals surface area (Å²) in [6.45, 7) is 0. The number of halogens is 2. The molecule has 2 rings (SSSR count). The van der Waals surface area contributed by atoms with E-state index in [0.29, 0.717) is 5.02 Å². The van der Waals surface area contributed by atoms with Crippen LogP contribution in [0.3, 0.4) is 0 Å². The fourth-order valence-electron chi connectivity index (χ4n) is 0.949. The van der Waals surface area contributed by atoms with Crippen molar-refractivity contribution >= 4 is 38.9 Å². The van der Waals surface area contributed by atoms with Gasteiger partial charge in [0.25, 0.3) is 0 Å². The molecule has 0 aliphatic carbocycles. The van der Waals surface area contributed by atoms with Crippen molar-refractivity contribution in [3.05, 3.63) is 33.2 Å². The second-order valence-electron chi connectivity index (χ2n) is 2.34. The molecule has 66 valence electrons. The summed E-state index contributed by atoms with van der Waals surface area (Å²) >= 11 is 10.7. The van der Waals surface area contributed by atoms with Gasteiger partial charge in [0.2, 0.25) is 0 Å². The van der Waals surface area contributed by atoms with E-state index in [1.807, 2.05) is 24.3 Å². The lowest BCUT2D eigenvalue weighted by Gasteiger charge is -1.96. The van der Waals surface area contributed by atoms with E-state index in [1.54, 1.807) is 0 Å². The Labute approximate surface area is 92.7 Å². The van der Waals surface area contributed by atoms with Crippen LogP contribution in [0.5, 0.6) is 0 Å². The molecule has 0 aliphatic heterocycles. The van der Waals surface area contributed by atoms with Crippen LogP contribution in [0, 0.1) is 0 Å². The molecule has 2 nitrogen and oxygen atoms in total. The van der Waals surface area contributed by atoms with Crippen molar-refractivity contribution in [3.63, 3.8) is 0 Å². The summed E-state index contributed by atoms with van der Waals surface area (Å²) in [6.07, 6.45) is 0. The van der Waals surface area contributed by atoms with Gasteiger partial charge < -0.3 is 0 Å². The van der Waals surface area contributed by atoms with Gasteiger partial charge in [-0.05, 0) is 22.0 Å². The van der Waals surface area contributed by atoms with Crippen LogP contribution in [0.4, 0.5) is 0 Å². The van der Waals surface area contributed by atoms with E-state index in [0.717, 1.165) is 14.5 Å². The number of nitrogens with zero attached hydrogens (tertiary/aromatic N) is 2. The summed E-state index contributed by atoms with van der Waals surface area (Å²) in [6, 6.07) is 7.58. The number of hydrogen-bond acceptors (Lipinski definition) is 3. The topological polar surface area (TPSA) is 25.8 Å². The Balaban J connectivity index is 2.52. The molecule has 2 aromatic rings. The highest BCUT2D eigenvalue weighted by molar-refractivity contribution is 9.11. The Bertz CT molecular complexity index is 430. The first-order valence-corrected chi connectivity index (χ1v) is 5.50. The minimum Gasteiger partial charge on any atom is -0.137 e. The van der Waals surface area contributed by atoms with E-state index >= 15 is 0 Å². The van der Waals surface area contributed by atoms with Crippen LogP contribution in [0.2, 0.25) is 5.02 Å². The van der Waals surface area contributed by atoms with Gasteiger partial charge in [0, 0.05) is 5.56 Å². The average molecular weight is 276 g/mol. The second kappa shape index (κ2) is 3.74. The zero-order valence-electron chi connectivity index (χ0n) is 6.37. The second-order valence-corrected chi connectivity index (χ2v) is 5.00. The Hall–Kier alpha value is -0.450. The molecular weight excluding hydrogens is 272 g/mol. The lowest BCUT2D eigenvalue weighted by Crippen LogP contribution is -1.77. The van der Waals surface area contributed by atoms with E-state index in [9.17, 15) is 0 Å². The van der Waals surface area contributed by atoms with Crippen molar-refractivity contribution in [2.24, 2.45) is 0 Å². The highest BCUT2D eigenvalue weighted by atomic mass is 79.9. The summed E-state index contributed by atoms with van der Waals surface area (Å²) < 4.78 is 0.766. The van der Waals surface area contributed by atoms with Gasteiger partial charge in [-0.2, -0.15) is 0 Å². The molecule has 0 spiro atoms. The first kappa shape index (κ1) is 9.12. The van der Waals surface area contributed by atoms with Crippen LogP contribution in [0.1, 0.15) is 0 Å². The van der Waals surface area contributed by atoms with Crippen LogP contribution < -0.4 is 0 Å². The van der Waals surface area contributed by atoms with Crippen molar-refractivity contribution in [2.75, 3.05) is 0 Å². The minimum absolute atomic E-state index is 0.700. The van der Waals surface area contributed by atoms with E-state index in [2.05, 4.69) is 26.1 Å². The highest BCUT2D eigenvalue weighted by Crippen LogP contribution is 2.31. The third-order valence-electron chi connectivity index (χ3n) is 1.50. The molecule has 0 fully saturated rings. The van der Waals surface area contributed by atoms with Crippen molar-refractivity contribution in [3.8, 4) is 10.6 Å². The summed E-state index contributed by atoms with van der Waals surface area (Å²) in [5, 5.41) is 9.38. The molecule has 0 amide bonds. The largest absolute Gasteiger partial charge is 0.183 e. The number of hydrogen-bond donors (Lipinski definition) is 0. The predicted octanol–water partition coefficient (Wildman–Crippen LogP) is 3.62. The summed E-state index contributed by atoms with van der Waals surface area (Å²) in [4.78, 5) is 0. The molecule has 0 saturated heterocycles. The van der Waals surface area contributed by atoms with Crippen LogP contribution in [0.25, 0.3) is 10.6 Å². The summed E-state index contributed by atoms with van der Waals surface area (Å²) in [7, 11) is 0. The number of rotatable bonds is 1. The van der Waals surface area contributed by atoms with Gasteiger partial charge in [0.05, 0.1) is 5.02 Å². The molecule has 0 radical (unpaired) electrons.